The van der Waals surface area contributed by atoms with Crippen molar-refractivity contribution < 1.29 is 28.7 Å². The van der Waals surface area contributed by atoms with Crippen molar-refractivity contribution in [2.24, 2.45) is 11.3 Å². The number of likely N-dealkylation sites (N-methyl/N-ethyl adjacent to an activating group) is 1. The molecule has 4 aliphatic heterocycles. The number of amides is 5. The number of nitrogens with zero attached hydrogens (tertiary/aromatic N) is 7. The minimum atomic E-state index is -0.973. The summed E-state index contributed by atoms with van der Waals surface area (Å²) in [6.45, 7) is 9.82. The van der Waals surface area contributed by atoms with Crippen LogP contribution in [0.25, 0.3) is 10.9 Å². The zero-order valence-corrected chi connectivity index (χ0v) is 36.4. The largest absolute Gasteiger partial charge is 0.478 e. The molecule has 2 aromatic heterocycles. The molecular weight excluding hydrogens is 828 g/mol. The van der Waals surface area contributed by atoms with E-state index in [2.05, 4.69) is 35.6 Å². The maximum Gasteiger partial charge on any atom is 0.293 e. The first-order chi connectivity index (χ1) is 30.3. The van der Waals surface area contributed by atoms with E-state index in [1.54, 1.807) is 29.0 Å². The summed E-state index contributed by atoms with van der Waals surface area (Å²) in [6, 6.07) is 11.6. The Hall–Kier alpha value is -6.07. The average Bonchev–Trinajstić information content (AvgIpc) is 3.50. The molecule has 0 bridgehead atoms. The van der Waals surface area contributed by atoms with E-state index >= 15 is 0 Å². The SMILES string of the molecule is CNC(=O)COc1cc2cc(Nc3nc(N4CCN(CC5CCC6(CC5)CN(c5ccc7c(c5)C(=O)N(C5CCC(=O)NC5=O)C7=O)C6)CC4)ncc3Cl)ccc2n(C(C)C)c1=O. The minimum Gasteiger partial charge on any atom is -0.478 e. The predicted octanol–water partition coefficient (Wildman–Crippen LogP) is 4.11. The van der Waals surface area contributed by atoms with Crippen LogP contribution in [-0.4, -0.2) is 119 Å². The van der Waals surface area contributed by atoms with E-state index in [4.69, 9.17) is 21.3 Å². The second kappa shape index (κ2) is 16.9. The lowest BCUT2D eigenvalue weighted by Crippen LogP contribution is -2.58. The van der Waals surface area contributed by atoms with Crippen LogP contribution in [0.5, 0.6) is 5.75 Å². The topological polar surface area (TPSA) is 191 Å². The van der Waals surface area contributed by atoms with Gasteiger partial charge >= 0.3 is 0 Å². The van der Waals surface area contributed by atoms with Gasteiger partial charge in [-0.25, -0.2) is 4.98 Å². The van der Waals surface area contributed by atoms with Crippen LogP contribution in [0.3, 0.4) is 0 Å². The number of imide groups is 2. The Morgan fingerprint density at radius 1 is 0.937 bits per heavy atom. The molecular formula is C45H51ClN10O7. The van der Waals surface area contributed by atoms with E-state index in [1.165, 1.54) is 7.05 Å². The van der Waals surface area contributed by atoms with Gasteiger partial charge in [-0.3, -0.25) is 43.9 Å². The van der Waals surface area contributed by atoms with E-state index in [9.17, 15) is 28.8 Å². The summed E-state index contributed by atoms with van der Waals surface area (Å²) in [7, 11) is 1.51. The van der Waals surface area contributed by atoms with Crippen molar-refractivity contribution in [3.05, 3.63) is 75.2 Å². The highest BCUT2D eigenvalue weighted by Gasteiger charge is 2.48. The Morgan fingerprint density at radius 3 is 2.40 bits per heavy atom. The van der Waals surface area contributed by atoms with Gasteiger partial charge in [0.05, 0.1) is 22.8 Å². The van der Waals surface area contributed by atoms with Gasteiger partial charge in [-0.15, -0.1) is 0 Å². The zero-order valence-electron chi connectivity index (χ0n) is 35.6. The first-order valence-corrected chi connectivity index (χ1v) is 22.1. The fraction of sp³-hybridized carbons (Fsp3) is 0.467. The molecule has 5 aliphatic rings. The molecule has 3 saturated heterocycles. The lowest BCUT2D eigenvalue weighted by molar-refractivity contribution is -0.136. The van der Waals surface area contributed by atoms with Crippen molar-refractivity contribution in [1.29, 1.82) is 0 Å². The Morgan fingerprint density at radius 2 is 1.68 bits per heavy atom. The van der Waals surface area contributed by atoms with E-state index in [1.807, 2.05) is 38.1 Å². The fourth-order valence-corrected chi connectivity index (χ4v) is 9.99. The van der Waals surface area contributed by atoms with Crippen LogP contribution in [-0.2, 0) is 14.4 Å². The number of carbonyl (C=O) groups is 5. The molecule has 1 spiro atoms. The lowest BCUT2D eigenvalue weighted by Gasteiger charge is -2.55. The van der Waals surface area contributed by atoms with Crippen molar-refractivity contribution in [1.82, 2.24) is 35.0 Å². The number of benzene rings is 2. The molecule has 1 aliphatic carbocycles. The van der Waals surface area contributed by atoms with Gasteiger partial charge in [0.1, 0.15) is 11.1 Å². The molecule has 1 saturated carbocycles. The Kier molecular flexibility index (Phi) is 11.3. The molecule has 5 amide bonds. The quantitative estimate of drug-likeness (QED) is 0.183. The smallest absolute Gasteiger partial charge is 0.293 e. The number of piperazine rings is 1. The van der Waals surface area contributed by atoms with Gasteiger partial charge in [0, 0.05) is 87.5 Å². The van der Waals surface area contributed by atoms with Crippen molar-refractivity contribution in [3.8, 4) is 5.75 Å². The zero-order chi connectivity index (χ0) is 44.2. The van der Waals surface area contributed by atoms with Gasteiger partial charge in [-0.05, 0) is 94.3 Å². The standard InChI is InChI=1S/C45H51ClN10O7/c1-26(2)55-34-7-4-29(18-28(34)19-36(43(55)62)63-23-38(58)47-3)49-39-33(46)21-48-44(51-39)53-16-14-52(15-17-53)22-27-10-12-45(13-11-27)24-54(25-45)30-5-6-31-32(20-30)42(61)56(41(31)60)35-8-9-37(57)50-40(35)59/h4-7,18-21,26-27,35H,8-17,22-25H2,1-3H3,(H,47,58)(H,48,49,51)(H,50,57,59). The molecule has 18 heteroatoms. The van der Waals surface area contributed by atoms with Crippen molar-refractivity contribution in [2.45, 2.75) is 64.5 Å². The fourth-order valence-electron chi connectivity index (χ4n) is 9.85. The van der Waals surface area contributed by atoms with Gasteiger partial charge in [-0.2, -0.15) is 4.98 Å². The maximum atomic E-state index is 13.4. The molecule has 17 nitrogen and oxygen atoms in total. The third-order valence-corrected chi connectivity index (χ3v) is 13.6. The number of ether oxygens (including phenoxy) is 1. The number of anilines is 4. The molecule has 330 valence electrons. The van der Waals surface area contributed by atoms with Crippen LogP contribution in [0.1, 0.15) is 79.1 Å². The van der Waals surface area contributed by atoms with Crippen molar-refractivity contribution >= 4 is 75.2 Å². The van der Waals surface area contributed by atoms with Gasteiger partial charge in [0.2, 0.25) is 17.8 Å². The van der Waals surface area contributed by atoms with Crippen LogP contribution < -0.4 is 36.0 Å². The number of hydrogen-bond acceptors (Lipinski definition) is 13. The first-order valence-electron chi connectivity index (χ1n) is 21.7. The van der Waals surface area contributed by atoms with E-state index in [0.29, 0.717) is 39.5 Å². The average molecular weight is 879 g/mol. The summed E-state index contributed by atoms with van der Waals surface area (Å²) in [5.74, 6) is -0.516. The third kappa shape index (κ3) is 8.19. The van der Waals surface area contributed by atoms with Crippen LogP contribution in [0.15, 0.2) is 53.5 Å². The highest BCUT2D eigenvalue weighted by molar-refractivity contribution is 6.33. The number of nitrogens with one attached hydrogen (secondary N) is 3. The Labute approximate surface area is 369 Å². The highest BCUT2D eigenvalue weighted by Crippen LogP contribution is 2.48. The number of carbonyl (C=O) groups excluding carboxylic acids is 5. The molecule has 6 heterocycles. The molecule has 1 atom stereocenters. The van der Waals surface area contributed by atoms with Gasteiger partial charge in [0.15, 0.2) is 18.2 Å². The molecule has 4 fully saturated rings. The molecule has 2 aromatic carbocycles. The van der Waals surface area contributed by atoms with Crippen molar-refractivity contribution in [2.75, 3.05) is 74.6 Å². The molecule has 3 N–H and O–H groups in total. The molecule has 63 heavy (non-hydrogen) atoms. The van der Waals surface area contributed by atoms with Crippen molar-refractivity contribution in [3.63, 3.8) is 0 Å². The first kappa shape index (κ1) is 42.2. The Balaban J connectivity index is 0.765. The second-order valence-corrected chi connectivity index (χ2v) is 18.2. The number of piperidine rings is 1. The number of rotatable bonds is 11. The van der Waals surface area contributed by atoms with Crippen LogP contribution in [0.4, 0.5) is 23.1 Å². The number of aromatic nitrogens is 3. The van der Waals surface area contributed by atoms with Crippen LogP contribution in [0.2, 0.25) is 5.02 Å². The van der Waals surface area contributed by atoms with Crippen LogP contribution >= 0.6 is 11.6 Å². The maximum absolute atomic E-state index is 13.4. The third-order valence-electron chi connectivity index (χ3n) is 13.3. The highest BCUT2D eigenvalue weighted by atomic mass is 35.5. The van der Waals surface area contributed by atoms with Crippen LogP contribution in [0, 0.1) is 11.3 Å². The summed E-state index contributed by atoms with van der Waals surface area (Å²) in [5, 5.41) is 9.22. The summed E-state index contributed by atoms with van der Waals surface area (Å²) < 4.78 is 7.27. The summed E-state index contributed by atoms with van der Waals surface area (Å²) >= 11 is 6.61. The Bertz CT molecular complexity index is 2570. The summed E-state index contributed by atoms with van der Waals surface area (Å²) in [5.41, 5.74) is 2.92. The monoisotopic (exact) mass is 878 g/mol. The summed E-state index contributed by atoms with van der Waals surface area (Å²) in [4.78, 5) is 93.2. The normalized spacial score (nSPS) is 20.3. The van der Waals surface area contributed by atoms with Gasteiger partial charge < -0.3 is 29.7 Å². The lowest BCUT2D eigenvalue weighted by atomic mass is 9.65. The molecule has 4 aromatic rings. The molecule has 1 unspecified atom stereocenters. The van der Waals surface area contributed by atoms with Gasteiger partial charge in [0.25, 0.3) is 23.3 Å². The molecule has 9 rings (SSSR count). The van der Waals surface area contributed by atoms with E-state index < -0.39 is 29.7 Å². The number of hydrogen-bond donors (Lipinski definition) is 3. The molecule has 0 radical (unpaired) electrons. The van der Waals surface area contributed by atoms with E-state index in [0.717, 1.165) is 93.0 Å². The number of fused-ring (bicyclic) bond motifs is 2. The second-order valence-electron chi connectivity index (χ2n) is 17.8. The van der Waals surface area contributed by atoms with E-state index in [-0.39, 0.29) is 48.1 Å². The number of halogens is 1. The van der Waals surface area contributed by atoms with Gasteiger partial charge in [-0.1, -0.05) is 11.6 Å². The summed E-state index contributed by atoms with van der Waals surface area (Å²) in [6.07, 6.45) is 6.46. The minimum absolute atomic E-state index is 0.0908. The predicted molar refractivity (Wildman–Crippen MR) is 237 cm³/mol. The number of pyridine rings is 1.